The Balaban J connectivity index is 1.72. The minimum absolute atomic E-state index is 0.0365. The van der Waals surface area contributed by atoms with Crippen LogP contribution in [0, 0.1) is 0 Å². The second-order valence-corrected chi connectivity index (χ2v) is 6.73. The molecule has 0 heterocycles. The summed E-state index contributed by atoms with van der Waals surface area (Å²) in [5.74, 6) is -0.0365. The van der Waals surface area contributed by atoms with Crippen molar-refractivity contribution in [2.24, 2.45) is 0 Å². The van der Waals surface area contributed by atoms with Crippen molar-refractivity contribution in [2.75, 3.05) is 0 Å². The maximum Gasteiger partial charge on any atom is 0.252 e. The van der Waals surface area contributed by atoms with Crippen molar-refractivity contribution in [3.63, 3.8) is 0 Å². The summed E-state index contributed by atoms with van der Waals surface area (Å²) in [5.41, 5.74) is 3.92. The zero-order valence-corrected chi connectivity index (χ0v) is 15.6. The van der Waals surface area contributed by atoms with Gasteiger partial charge in [0.25, 0.3) is 5.91 Å². The number of rotatable bonds is 7. The van der Waals surface area contributed by atoms with Crippen LogP contribution in [0.5, 0.6) is 0 Å². The number of benzene rings is 3. The third-order valence-corrected chi connectivity index (χ3v) is 4.53. The predicted octanol–water partition coefficient (Wildman–Crippen LogP) is 5.36. The molecule has 1 amide bonds. The molecule has 1 atom stereocenters. The molecule has 2 nitrogen and oxygen atoms in total. The summed E-state index contributed by atoms with van der Waals surface area (Å²) in [7, 11) is 0. The van der Waals surface area contributed by atoms with Gasteiger partial charge in [0.1, 0.15) is 0 Å². The van der Waals surface area contributed by atoms with Crippen LogP contribution in [-0.4, -0.2) is 11.9 Å². The molecule has 3 rings (SSSR count). The van der Waals surface area contributed by atoms with Gasteiger partial charge in [-0.05, 0) is 42.5 Å². The van der Waals surface area contributed by atoms with E-state index in [2.05, 4.69) is 36.5 Å². The number of nitrogens with one attached hydrogen (secondary N) is 1. The van der Waals surface area contributed by atoms with Crippen LogP contribution in [0.25, 0.3) is 11.6 Å². The highest BCUT2D eigenvalue weighted by molar-refractivity contribution is 6.24. The van der Waals surface area contributed by atoms with Gasteiger partial charge >= 0.3 is 0 Å². The summed E-state index contributed by atoms with van der Waals surface area (Å²) in [6.07, 6.45) is 3.81. The Morgan fingerprint density at radius 2 is 1.41 bits per heavy atom. The van der Waals surface area contributed by atoms with E-state index < -0.39 is 0 Å². The van der Waals surface area contributed by atoms with E-state index in [4.69, 9.17) is 0 Å². The van der Waals surface area contributed by atoms with Gasteiger partial charge < -0.3 is 5.32 Å². The van der Waals surface area contributed by atoms with Crippen LogP contribution in [0.1, 0.15) is 30.0 Å². The lowest BCUT2D eigenvalue weighted by Crippen LogP contribution is -2.33. The molecule has 1 N–H and O–H groups in total. The topological polar surface area (TPSA) is 29.1 Å². The van der Waals surface area contributed by atoms with Crippen LogP contribution in [-0.2, 0) is 11.2 Å². The molecule has 2 heteroatoms. The van der Waals surface area contributed by atoms with Gasteiger partial charge in [0.2, 0.25) is 0 Å². The number of carbonyl (C=O) groups is 1. The third kappa shape index (κ3) is 5.68. The van der Waals surface area contributed by atoms with Crippen molar-refractivity contribution in [1.29, 1.82) is 0 Å². The van der Waals surface area contributed by atoms with Crippen LogP contribution < -0.4 is 5.32 Å². The molecule has 0 aliphatic carbocycles. The summed E-state index contributed by atoms with van der Waals surface area (Å²) in [6.45, 7) is 2.06. The van der Waals surface area contributed by atoms with Crippen molar-refractivity contribution in [1.82, 2.24) is 5.32 Å². The molecular formula is C25H25NO. The molecule has 0 radical (unpaired) electrons. The van der Waals surface area contributed by atoms with Gasteiger partial charge in [0.15, 0.2) is 0 Å². The molecule has 0 aliphatic heterocycles. The minimum atomic E-state index is -0.0365. The molecule has 0 saturated carbocycles. The van der Waals surface area contributed by atoms with Gasteiger partial charge in [-0.1, -0.05) is 91.0 Å². The second kappa shape index (κ2) is 9.54. The first kappa shape index (κ1) is 18.7. The monoisotopic (exact) mass is 355 g/mol. The highest BCUT2D eigenvalue weighted by atomic mass is 16.1. The van der Waals surface area contributed by atoms with E-state index in [0.717, 1.165) is 24.0 Å². The summed E-state index contributed by atoms with van der Waals surface area (Å²) in [6, 6.07) is 30.3. The average molecular weight is 355 g/mol. The van der Waals surface area contributed by atoms with E-state index in [-0.39, 0.29) is 11.9 Å². The Labute approximate surface area is 161 Å². The lowest BCUT2D eigenvalue weighted by molar-refractivity contribution is -0.116. The molecule has 0 saturated heterocycles. The predicted molar refractivity (Wildman–Crippen MR) is 113 cm³/mol. The fourth-order valence-electron chi connectivity index (χ4n) is 3.02. The number of carbonyl (C=O) groups excluding carboxylic acids is 1. The van der Waals surface area contributed by atoms with Gasteiger partial charge in [0.05, 0.1) is 0 Å². The van der Waals surface area contributed by atoms with Crippen molar-refractivity contribution >= 4 is 17.6 Å². The summed E-state index contributed by atoms with van der Waals surface area (Å²) in [4.78, 5) is 13.0. The Hall–Kier alpha value is -3.13. The second-order valence-electron chi connectivity index (χ2n) is 6.73. The van der Waals surface area contributed by atoms with Gasteiger partial charge in [-0.3, -0.25) is 4.79 Å². The van der Waals surface area contributed by atoms with E-state index in [1.807, 2.05) is 72.8 Å². The standard InChI is InChI=1S/C25H25NO/c1-20(17-18-21-11-5-2-6-12-21)26-25(27)24(23-15-9-4-10-16-23)19-22-13-7-3-8-14-22/h2-16,19-20H,17-18H2,1H3,(H,26,27)/b24-19-. The molecule has 27 heavy (non-hydrogen) atoms. The lowest BCUT2D eigenvalue weighted by atomic mass is 10.0. The Bertz CT molecular complexity index is 870. The summed E-state index contributed by atoms with van der Waals surface area (Å²) in [5, 5.41) is 3.16. The Kier molecular flexibility index (Phi) is 6.59. The zero-order valence-electron chi connectivity index (χ0n) is 15.6. The minimum Gasteiger partial charge on any atom is -0.350 e. The molecule has 0 bridgehead atoms. The maximum absolute atomic E-state index is 13.0. The zero-order chi connectivity index (χ0) is 18.9. The molecule has 0 spiro atoms. The van der Waals surface area contributed by atoms with Crippen LogP contribution in [0.2, 0.25) is 0 Å². The quantitative estimate of drug-likeness (QED) is 0.448. The number of hydrogen-bond acceptors (Lipinski definition) is 1. The first-order valence-electron chi connectivity index (χ1n) is 9.39. The normalized spacial score (nSPS) is 12.4. The van der Waals surface area contributed by atoms with Crippen molar-refractivity contribution in [3.8, 4) is 0 Å². The lowest BCUT2D eigenvalue weighted by Gasteiger charge is -2.16. The molecule has 136 valence electrons. The van der Waals surface area contributed by atoms with Crippen molar-refractivity contribution in [2.45, 2.75) is 25.8 Å². The Morgan fingerprint density at radius 3 is 2.04 bits per heavy atom. The highest BCUT2D eigenvalue weighted by Crippen LogP contribution is 2.19. The van der Waals surface area contributed by atoms with E-state index >= 15 is 0 Å². The molecule has 0 aliphatic rings. The summed E-state index contributed by atoms with van der Waals surface area (Å²) < 4.78 is 0. The van der Waals surface area contributed by atoms with Crippen molar-refractivity contribution < 1.29 is 4.79 Å². The van der Waals surface area contributed by atoms with E-state index in [1.54, 1.807) is 0 Å². The first-order valence-corrected chi connectivity index (χ1v) is 9.39. The number of amides is 1. The smallest absolute Gasteiger partial charge is 0.252 e. The van der Waals surface area contributed by atoms with E-state index in [1.165, 1.54) is 5.56 Å². The van der Waals surface area contributed by atoms with Crippen molar-refractivity contribution in [3.05, 3.63) is 108 Å². The van der Waals surface area contributed by atoms with Crippen LogP contribution >= 0.6 is 0 Å². The molecule has 0 aromatic heterocycles. The number of aryl methyl sites for hydroxylation is 1. The van der Waals surface area contributed by atoms with Crippen LogP contribution in [0.3, 0.4) is 0 Å². The fourth-order valence-corrected chi connectivity index (χ4v) is 3.02. The average Bonchev–Trinajstić information content (AvgIpc) is 2.72. The van der Waals surface area contributed by atoms with E-state index in [9.17, 15) is 4.79 Å². The van der Waals surface area contributed by atoms with Crippen LogP contribution in [0.15, 0.2) is 91.0 Å². The molecule has 0 fully saturated rings. The largest absolute Gasteiger partial charge is 0.350 e. The molecule has 3 aromatic carbocycles. The van der Waals surface area contributed by atoms with Crippen LogP contribution in [0.4, 0.5) is 0 Å². The first-order chi connectivity index (χ1) is 13.2. The molecule has 3 aromatic rings. The van der Waals surface area contributed by atoms with Gasteiger partial charge in [-0.15, -0.1) is 0 Å². The van der Waals surface area contributed by atoms with Gasteiger partial charge in [0, 0.05) is 11.6 Å². The van der Waals surface area contributed by atoms with E-state index in [0.29, 0.717) is 5.57 Å². The van der Waals surface area contributed by atoms with Gasteiger partial charge in [-0.2, -0.15) is 0 Å². The third-order valence-electron chi connectivity index (χ3n) is 4.53. The summed E-state index contributed by atoms with van der Waals surface area (Å²) >= 11 is 0. The molecule has 1 unspecified atom stereocenters. The molecular weight excluding hydrogens is 330 g/mol. The fraction of sp³-hybridized carbons (Fsp3) is 0.160. The van der Waals surface area contributed by atoms with Gasteiger partial charge in [-0.25, -0.2) is 0 Å². The highest BCUT2D eigenvalue weighted by Gasteiger charge is 2.14. The Morgan fingerprint density at radius 1 is 0.852 bits per heavy atom. The maximum atomic E-state index is 13.0. The SMILES string of the molecule is CC(CCc1ccccc1)NC(=O)/C(=C\c1ccccc1)c1ccccc1. The number of hydrogen-bond donors (Lipinski definition) is 1.